The molecule has 0 unspecified atom stereocenters. The van der Waals surface area contributed by atoms with Gasteiger partial charge in [-0.25, -0.2) is 4.68 Å². The maximum Gasteiger partial charge on any atom is 0.241 e. The van der Waals surface area contributed by atoms with E-state index in [1.165, 1.54) is 4.68 Å². The lowest BCUT2D eigenvalue weighted by Crippen LogP contribution is -2.13. The van der Waals surface area contributed by atoms with Crippen LogP contribution in [-0.2, 0) is 0 Å². The van der Waals surface area contributed by atoms with Gasteiger partial charge in [0.2, 0.25) is 5.95 Å². The quantitative estimate of drug-likeness (QED) is 0.452. The third-order valence-electron chi connectivity index (χ3n) is 2.26. The van der Waals surface area contributed by atoms with Gasteiger partial charge >= 0.3 is 0 Å². The fourth-order valence-electron chi connectivity index (χ4n) is 1.28. The van der Waals surface area contributed by atoms with Gasteiger partial charge in [-0.3, -0.25) is 0 Å². The predicted octanol–water partition coefficient (Wildman–Crippen LogP) is 0.132. The Morgan fingerprint density at radius 3 is 2.47 bits per heavy atom. The van der Waals surface area contributed by atoms with Gasteiger partial charge in [-0.1, -0.05) is 12.1 Å². The highest BCUT2D eigenvalue weighted by Gasteiger charge is 2.09. The topological polar surface area (TPSA) is 109 Å². The summed E-state index contributed by atoms with van der Waals surface area (Å²) in [6.07, 6.45) is 0. The van der Waals surface area contributed by atoms with Crippen molar-refractivity contribution in [3.05, 3.63) is 23.8 Å². The molecule has 0 fully saturated rings. The van der Waals surface area contributed by atoms with E-state index in [4.69, 9.17) is 17.3 Å². The molecule has 6 nitrogen and oxygen atoms in total. The van der Waals surface area contributed by atoms with Gasteiger partial charge in [-0.2, -0.15) is 0 Å². The van der Waals surface area contributed by atoms with Gasteiger partial charge < -0.3 is 17.3 Å². The molecule has 0 saturated heterocycles. The second kappa shape index (κ2) is 3.16. The number of nitrogens with two attached hydrogens (primary N) is 3. The second-order valence-electron chi connectivity index (χ2n) is 3.32. The van der Waals surface area contributed by atoms with E-state index in [1.807, 2.05) is 19.1 Å². The largest absolute Gasteiger partial charge is 0.398 e. The van der Waals surface area contributed by atoms with E-state index >= 15 is 0 Å². The van der Waals surface area contributed by atoms with Crippen molar-refractivity contribution in [1.29, 1.82) is 0 Å². The van der Waals surface area contributed by atoms with Crippen molar-refractivity contribution in [2.24, 2.45) is 0 Å². The van der Waals surface area contributed by atoms with Crippen molar-refractivity contribution < 1.29 is 0 Å². The summed E-state index contributed by atoms with van der Waals surface area (Å²) < 4.78 is 1.23. The molecule has 1 aromatic carbocycles. The summed E-state index contributed by atoms with van der Waals surface area (Å²) >= 11 is 0. The van der Waals surface area contributed by atoms with Crippen LogP contribution in [0, 0.1) is 6.92 Å². The standard InChI is InChI=1S/C9H12N6/c1-5-2-3-6(4-7(5)10)8-13-14-9(11)15(8)12/h2-4H,10,12H2,1H3,(H2,11,14). The Bertz CT molecular complexity index is 501. The smallest absolute Gasteiger partial charge is 0.241 e. The molecule has 0 radical (unpaired) electrons. The summed E-state index contributed by atoms with van der Waals surface area (Å²) in [7, 11) is 0. The molecule has 0 atom stereocenters. The van der Waals surface area contributed by atoms with Crippen molar-refractivity contribution in [2.45, 2.75) is 6.92 Å². The van der Waals surface area contributed by atoms with Crippen molar-refractivity contribution >= 4 is 11.6 Å². The van der Waals surface area contributed by atoms with Crippen LogP contribution >= 0.6 is 0 Å². The SMILES string of the molecule is Cc1ccc(-c2nnc(N)n2N)cc1N. The highest BCUT2D eigenvalue weighted by Crippen LogP contribution is 2.21. The number of aryl methyl sites for hydroxylation is 1. The summed E-state index contributed by atoms with van der Waals surface area (Å²) in [5.74, 6) is 6.32. The summed E-state index contributed by atoms with van der Waals surface area (Å²) in [5.41, 5.74) is 13.8. The lowest BCUT2D eigenvalue weighted by molar-refractivity contribution is 1.02. The van der Waals surface area contributed by atoms with Crippen molar-refractivity contribution in [3.8, 4) is 11.4 Å². The molecule has 2 aromatic rings. The number of aromatic nitrogens is 3. The molecule has 2 rings (SSSR count). The molecule has 0 amide bonds. The molecule has 0 aliphatic carbocycles. The maximum atomic E-state index is 5.79. The fraction of sp³-hybridized carbons (Fsp3) is 0.111. The third kappa shape index (κ3) is 1.45. The zero-order valence-corrected chi connectivity index (χ0v) is 8.31. The first-order chi connectivity index (χ1) is 7.09. The molecule has 0 saturated carbocycles. The number of nitrogen functional groups attached to an aromatic ring is 3. The first-order valence-corrected chi connectivity index (χ1v) is 4.42. The summed E-state index contributed by atoms with van der Waals surface area (Å²) in [6, 6.07) is 5.57. The summed E-state index contributed by atoms with van der Waals surface area (Å²) in [6.45, 7) is 1.93. The molecule has 6 N–H and O–H groups in total. The molecular weight excluding hydrogens is 192 g/mol. The first kappa shape index (κ1) is 9.32. The van der Waals surface area contributed by atoms with Crippen LogP contribution in [0.4, 0.5) is 11.6 Å². The van der Waals surface area contributed by atoms with Crippen LogP contribution in [0.25, 0.3) is 11.4 Å². The number of hydrogen-bond donors (Lipinski definition) is 3. The molecular formula is C9H12N6. The monoisotopic (exact) mass is 204 g/mol. The molecule has 0 bridgehead atoms. The van der Waals surface area contributed by atoms with E-state index < -0.39 is 0 Å². The maximum absolute atomic E-state index is 5.79. The van der Waals surface area contributed by atoms with Crippen LogP contribution in [0.3, 0.4) is 0 Å². The summed E-state index contributed by atoms with van der Waals surface area (Å²) in [5, 5.41) is 7.53. The summed E-state index contributed by atoms with van der Waals surface area (Å²) in [4.78, 5) is 0. The highest BCUT2D eigenvalue weighted by atomic mass is 15.4. The molecule has 6 heteroatoms. The molecule has 1 heterocycles. The van der Waals surface area contributed by atoms with Crippen LogP contribution in [0.2, 0.25) is 0 Å². The Kier molecular flexibility index (Phi) is 1.96. The molecule has 0 aliphatic heterocycles. The van der Waals surface area contributed by atoms with Gasteiger partial charge in [0.05, 0.1) is 0 Å². The van der Waals surface area contributed by atoms with Crippen LogP contribution in [0.5, 0.6) is 0 Å². The van der Waals surface area contributed by atoms with E-state index in [0.29, 0.717) is 11.5 Å². The Hall–Kier alpha value is -2.24. The molecule has 0 spiro atoms. The molecule has 0 aliphatic rings. The van der Waals surface area contributed by atoms with Crippen LogP contribution in [-0.4, -0.2) is 14.9 Å². The minimum absolute atomic E-state index is 0.171. The van der Waals surface area contributed by atoms with E-state index in [0.717, 1.165) is 11.1 Å². The number of nitrogens with zero attached hydrogens (tertiary/aromatic N) is 3. The Balaban J connectivity index is 2.55. The van der Waals surface area contributed by atoms with Gasteiger partial charge in [0.25, 0.3) is 0 Å². The fourth-order valence-corrected chi connectivity index (χ4v) is 1.28. The lowest BCUT2D eigenvalue weighted by Gasteiger charge is -2.04. The highest BCUT2D eigenvalue weighted by molar-refractivity contribution is 5.64. The Morgan fingerprint density at radius 2 is 1.93 bits per heavy atom. The van der Waals surface area contributed by atoms with E-state index in [9.17, 15) is 0 Å². The molecule has 78 valence electrons. The van der Waals surface area contributed by atoms with E-state index in [2.05, 4.69) is 10.2 Å². The normalized spacial score (nSPS) is 10.5. The Morgan fingerprint density at radius 1 is 1.20 bits per heavy atom. The van der Waals surface area contributed by atoms with Gasteiger partial charge in [0, 0.05) is 11.3 Å². The van der Waals surface area contributed by atoms with Crippen LogP contribution in [0.15, 0.2) is 18.2 Å². The number of anilines is 2. The van der Waals surface area contributed by atoms with E-state index in [1.54, 1.807) is 6.07 Å². The minimum Gasteiger partial charge on any atom is -0.398 e. The Labute approximate surface area is 86.7 Å². The van der Waals surface area contributed by atoms with Gasteiger partial charge in [0.15, 0.2) is 5.82 Å². The number of hydrogen-bond acceptors (Lipinski definition) is 5. The third-order valence-corrected chi connectivity index (χ3v) is 2.26. The van der Waals surface area contributed by atoms with Crippen molar-refractivity contribution in [3.63, 3.8) is 0 Å². The second-order valence-corrected chi connectivity index (χ2v) is 3.32. The van der Waals surface area contributed by atoms with Crippen LogP contribution < -0.4 is 17.3 Å². The van der Waals surface area contributed by atoms with Crippen LogP contribution in [0.1, 0.15) is 5.56 Å². The predicted molar refractivity (Wildman–Crippen MR) is 59.2 cm³/mol. The van der Waals surface area contributed by atoms with Gasteiger partial charge in [-0.15, -0.1) is 10.2 Å². The molecule has 15 heavy (non-hydrogen) atoms. The number of rotatable bonds is 1. The van der Waals surface area contributed by atoms with Crippen molar-refractivity contribution in [1.82, 2.24) is 14.9 Å². The lowest BCUT2D eigenvalue weighted by atomic mass is 10.1. The minimum atomic E-state index is 0.171. The number of benzene rings is 1. The van der Waals surface area contributed by atoms with Gasteiger partial charge in [0.1, 0.15) is 0 Å². The average molecular weight is 204 g/mol. The zero-order chi connectivity index (χ0) is 11.0. The first-order valence-electron chi connectivity index (χ1n) is 4.42. The van der Waals surface area contributed by atoms with Gasteiger partial charge in [-0.05, 0) is 18.6 Å². The van der Waals surface area contributed by atoms with Crippen molar-refractivity contribution in [2.75, 3.05) is 17.3 Å². The average Bonchev–Trinajstić information content (AvgIpc) is 2.53. The zero-order valence-electron chi connectivity index (χ0n) is 8.31. The van der Waals surface area contributed by atoms with E-state index in [-0.39, 0.29) is 5.95 Å². The molecule has 1 aromatic heterocycles.